The number of nitrogens with zero attached hydrogens (tertiary/aromatic N) is 1. The van der Waals surface area contributed by atoms with Crippen molar-refractivity contribution in [2.75, 3.05) is 6.61 Å². The van der Waals surface area contributed by atoms with Gasteiger partial charge < -0.3 is 14.6 Å². The topological polar surface area (TPSA) is 51.6 Å². The first-order valence-electron chi connectivity index (χ1n) is 6.55. The van der Waals surface area contributed by atoms with Gasteiger partial charge >= 0.3 is 6.36 Å². The van der Waals surface area contributed by atoms with Crippen LogP contribution in [0.4, 0.5) is 13.2 Å². The number of pyridine rings is 1. The molecule has 1 atom stereocenters. The number of fused-ring (bicyclic) bond motifs is 1. The molecule has 0 fully saturated rings. The molecule has 0 radical (unpaired) electrons. The molecule has 22 heavy (non-hydrogen) atoms. The Labute approximate surface area is 124 Å². The van der Waals surface area contributed by atoms with E-state index in [-0.39, 0.29) is 18.8 Å². The minimum absolute atomic E-state index is 0.260. The van der Waals surface area contributed by atoms with E-state index < -0.39 is 12.0 Å². The molecule has 0 bridgehead atoms. The number of aromatic nitrogens is 1. The summed E-state index contributed by atoms with van der Waals surface area (Å²) < 4.78 is 45.8. The van der Waals surface area contributed by atoms with Crippen molar-refractivity contribution in [1.82, 2.24) is 4.98 Å². The lowest BCUT2D eigenvalue weighted by molar-refractivity contribution is -0.274. The molecule has 0 amide bonds. The first-order chi connectivity index (χ1) is 10.4. The zero-order valence-corrected chi connectivity index (χ0v) is 11.3. The van der Waals surface area contributed by atoms with Gasteiger partial charge in [0.2, 0.25) is 0 Å². The molecular weight excluding hydrogens is 299 g/mol. The molecule has 0 aliphatic carbocycles. The first kappa shape index (κ1) is 14.6. The minimum Gasteiger partial charge on any atom is -0.491 e. The molecule has 1 N–H and O–H groups in total. The fourth-order valence-corrected chi connectivity index (χ4v) is 2.46. The van der Waals surface area contributed by atoms with Crippen LogP contribution in [0.1, 0.15) is 17.7 Å². The Bertz CT molecular complexity index is 672. The maximum Gasteiger partial charge on any atom is 0.573 e. The predicted octanol–water partition coefficient (Wildman–Crippen LogP) is 3.00. The van der Waals surface area contributed by atoms with Gasteiger partial charge in [-0.15, -0.1) is 13.2 Å². The molecule has 1 aliphatic heterocycles. The van der Waals surface area contributed by atoms with Gasteiger partial charge in [0.05, 0.1) is 6.61 Å². The fraction of sp³-hybridized carbons (Fsp3) is 0.267. The molecule has 7 heteroatoms. The molecule has 1 aromatic heterocycles. The highest BCUT2D eigenvalue weighted by atomic mass is 19.4. The smallest absolute Gasteiger partial charge is 0.491 e. The normalized spacial score (nSPS) is 20.9. The number of rotatable bonds is 2. The van der Waals surface area contributed by atoms with Gasteiger partial charge in [-0.3, -0.25) is 4.98 Å². The van der Waals surface area contributed by atoms with E-state index in [4.69, 9.17) is 4.74 Å². The first-order valence-corrected chi connectivity index (χ1v) is 6.55. The zero-order valence-electron chi connectivity index (χ0n) is 11.3. The highest BCUT2D eigenvalue weighted by Gasteiger charge is 2.39. The van der Waals surface area contributed by atoms with Crippen LogP contribution in [0.25, 0.3) is 0 Å². The number of halogens is 3. The van der Waals surface area contributed by atoms with Gasteiger partial charge in [0, 0.05) is 12.6 Å². The highest BCUT2D eigenvalue weighted by molar-refractivity contribution is 5.43. The number of aliphatic hydroxyl groups is 1. The summed E-state index contributed by atoms with van der Waals surface area (Å²) in [5.74, 6) is 0.125. The van der Waals surface area contributed by atoms with E-state index in [9.17, 15) is 18.3 Å². The predicted molar refractivity (Wildman–Crippen MR) is 70.5 cm³/mol. The Morgan fingerprint density at radius 1 is 1.18 bits per heavy atom. The van der Waals surface area contributed by atoms with Crippen molar-refractivity contribution in [3.8, 4) is 11.5 Å². The van der Waals surface area contributed by atoms with Crippen molar-refractivity contribution >= 4 is 0 Å². The van der Waals surface area contributed by atoms with Gasteiger partial charge in [0.25, 0.3) is 0 Å². The molecule has 1 aliphatic rings. The minimum atomic E-state index is -4.74. The van der Waals surface area contributed by atoms with Crippen LogP contribution in [0.3, 0.4) is 0 Å². The highest BCUT2D eigenvalue weighted by Crippen LogP contribution is 2.40. The average molecular weight is 311 g/mol. The SMILES string of the molecule is O[C@]1(c2ccc(OC(F)(F)F)cc2)CCOc2cccnc21. The van der Waals surface area contributed by atoms with E-state index in [2.05, 4.69) is 9.72 Å². The molecule has 0 unspecified atom stereocenters. The third-order valence-corrected chi connectivity index (χ3v) is 3.45. The van der Waals surface area contributed by atoms with Gasteiger partial charge in [-0.05, 0) is 29.8 Å². The molecule has 2 heterocycles. The summed E-state index contributed by atoms with van der Waals surface area (Å²) in [7, 11) is 0. The second-order valence-electron chi connectivity index (χ2n) is 4.88. The van der Waals surface area contributed by atoms with E-state index in [1.807, 2.05) is 0 Å². The molecule has 4 nitrogen and oxygen atoms in total. The van der Waals surface area contributed by atoms with Crippen molar-refractivity contribution in [2.24, 2.45) is 0 Å². The summed E-state index contributed by atoms with van der Waals surface area (Å²) in [4.78, 5) is 4.14. The monoisotopic (exact) mass is 311 g/mol. The van der Waals surface area contributed by atoms with E-state index in [1.54, 1.807) is 12.1 Å². The lowest BCUT2D eigenvalue weighted by Gasteiger charge is -2.33. The second kappa shape index (κ2) is 5.17. The molecule has 0 spiro atoms. The maximum atomic E-state index is 12.2. The quantitative estimate of drug-likeness (QED) is 0.926. The molecule has 3 rings (SSSR count). The number of hydrogen-bond donors (Lipinski definition) is 1. The van der Waals surface area contributed by atoms with Gasteiger partial charge in [-0.25, -0.2) is 0 Å². The average Bonchev–Trinajstić information content (AvgIpc) is 2.47. The molecule has 116 valence electrons. The Hall–Kier alpha value is -2.28. The third-order valence-electron chi connectivity index (χ3n) is 3.45. The Kier molecular flexibility index (Phi) is 3.44. The van der Waals surface area contributed by atoms with Crippen LogP contribution in [0.5, 0.6) is 11.5 Å². The van der Waals surface area contributed by atoms with E-state index in [0.717, 1.165) is 0 Å². The van der Waals surface area contributed by atoms with Gasteiger partial charge in [-0.2, -0.15) is 0 Å². The van der Waals surface area contributed by atoms with Crippen molar-refractivity contribution in [3.05, 3.63) is 53.9 Å². The summed E-state index contributed by atoms with van der Waals surface area (Å²) in [6.07, 6.45) is -2.96. The summed E-state index contributed by atoms with van der Waals surface area (Å²) in [6, 6.07) is 8.49. The lowest BCUT2D eigenvalue weighted by Crippen LogP contribution is -2.34. The van der Waals surface area contributed by atoms with E-state index in [0.29, 0.717) is 17.0 Å². The van der Waals surface area contributed by atoms with Crippen LogP contribution in [-0.2, 0) is 5.60 Å². The number of ether oxygens (including phenoxy) is 2. The molecular formula is C15H12F3NO3. The summed E-state index contributed by atoms with van der Waals surface area (Å²) in [5, 5.41) is 10.9. The Morgan fingerprint density at radius 3 is 2.59 bits per heavy atom. The van der Waals surface area contributed by atoms with Crippen LogP contribution >= 0.6 is 0 Å². The standard InChI is InChI=1S/C15H12F3NO3/c16-15(17,18)22-11-5-3-10(4-6-11)14(20)7-9-21-12-2-1-8-19-13(12)14/h1-6,8,20H,7,9H2/t14-/m0/s1. The van der Waals surface area contributed by atoms with Crippen molar-refractivity contribution in [2.45, 2.75) is 18.4 Å². The fourth-order valence-electron chi connectivity index (χ4n) is 2.46. The second-order valence-corrected chi connectivity index (χ2v) is 4.88. The van der Waals surface area contributed by atoms with Gasteiger partial charge in [-0.1, -0.05) is 12.1 Å². The zero-order chi connectivity index (χ0) is 15.8. The van der Waals surface area contributed by atoms with Crippen LogP contribution < -0.4 is 9.47 Å². The van der Waals surface area contributed by atoms with Gasteiger partial charge in [0.1, 0.15) is 22.8 Å². The lowest BCUT2D eigenvalue weighted by atomic mass is 9.85. The summed E-state index contributed by atoms with van der Waals surface area (Å²) in [6.45, 7) is 0.288. The maximum absolute atomic E-state index is 12.2. The van der Waals surface area contributed by atoms with Gasteiger partial charge in [0.15, 0.2) is 0 Å². The molecule has 0 saturated carbocycles. The van der Waals surface area contributed by atoms with Crippen molar-refractivity contribution in [1.29, 1.82) is 0 Å². The Morgan fingerprint density at radius 2 is 1.91 bits per heavy atom. The van der Waals surface area contributed by atoms with Crippen LogP contribution in [0, 0.1) is 0 Å². The van der Waals surface area contributed by atoms with Crippen LogP contribution in [-0.4, -0.2) is 23.1 Å². The molecule has 2 aromatic rings. The van der Waals surface area contributed by atoms with Crippen molar-refractivity contribution in [3.63, 3.8) is 0 Å². The third kappa shape index (κ3) is 2.71. The summed E-state index contributed by atoms with van der Waals surface area (Å²) in [5.41, 5.74) is -0.609. The largest absolute Gasteiger partial charge is 0.573 e. The van der Waals surface area contributed by atoms with Crippen LogP contribution in [0.15, 0.2) is 42.6 Å². The van der Waals surface area contributed by atoms with Crippen LogP contribution in [0.2, 0.25) is 0 Å². The van der Waals surface area contributed by atoms with E-state index in [1.165, 1.54) is 30.5 Å². The number of benzene rings is 1. The van der Waals surface area contributed by atoms with Crippen molar-refractivity contribution < 1.29 is 27.8 Å². The summed E-state index contributed by atoms with van der Waals surface area (Å²) >= 11 is 0. The Balaban J connectivity index is 1.94. The van der Waals surface area contributed by atoms with E-state index >= 15 is 0 Å². The number of alkyl halides is 3. The molecule has 1 aromatic carbocycles. The number of hydrogen-bond acceptors (Lipinski definition) is 4. The molecule has 0 saturated heterocycles.